The summed E-state index contributed by atoms with van der Waals surface area (Å²) in [6.07, 6.45) is -0.629. The highest BCUT2D eigenvalue weighted by atomic mass is 79.9. The van der Waals surface area contributed by atoms with Crippen molar-refractivity contribution < 1.29 is 14.3 Å². The van der Waals surface area contributed by atoms with Crippen molar-refractivity contribution >= 4 is 21.7 Å². The van der Waals surface area contributed by atoms with E-state index in [0.29, 0.717) is 17.9 Å². The predicted octanol–water partition coefficient (Wildman–Crippen LogP) is 5.35. The summed E-state index contributed by atoms with van der Waals surface area (Å²) in [6.45, 7) is 0.423. The highest BCUT2D eigenvalue weighted by Crippen LogP contribution is 2.42. The SMILES string of the molecule is O=C(c1ccccc1OCc1ccccc1)[C@@H]1O[C@@H]1c1ccc(Br)cc1. The van der Waals surface area contributed by atoms with E-state index in [2.05, 4.69) is 15.9 Å². The maximum atomic E-state index is 12.9. The molecule has 0 unspecified atom stereocenters. The quantitative estimate of drug-likeness (QED) is 0.407. The average molecular weight is 409 g/mol. The van der Waals surface area contributed by atoms with Crippen LogP contribution in [0.2, 0.25) is 0 Å². The van der Waals surface area contributed by atoms with Gasteiger partial charge in [0.25, 0.3) is 0 Å². The molecule has 2 atom stereocenters. The second-order valence-corrected chi connectivity index (χ2v) is 7.08. The molecule has 0 N–H and O–H groups in total. The largest absolute Gasteiger partial charge is 0.488 e. The summed E-state index contributed by atoms with van der Waals surface area (Å²) in [4.78, 5) is 12.9. The Balaban J connectivity index is 1.48. The normalized spacial score (nSPS) is 18.3. The van der Waals surface area contributed by atoms with Crippen molar-refractivity contribution in [3.05, 3.63) is 100 Å². The Morgan fingerprint density at radius 3 is 2.38 bits per heavy atom. The van der Waals surface area contributed by atoms with Crippen molar-refractivity contribution in [3.63, 3.8) is 0 Å². The molecule has 4 rings (SSSR count). The molecule has 0 amide bonds. The predicted molar refractivity (Wildman–Crippen MR) is 103 cm³/mol. The van der Waals surface area contributed by atoms with E-state index in [-0.39, 0.29) is 11.9 Å². The van der Waals surface area contributed by atoms with Crippen LogP contribution in [0.1, 0.15) is 27.6 Å². The van der Waals surface area contributed by atoms with E-state index < -0.39 is 6.10 Å². The van der Waals surface area contributed by atoms with Gasteiger partial charge in [0.1, 0.15) is 18.5 Å². The van der Waals surface area contributed by atoms with Crippen LogP contribution in [-0.2, 0) is 11.3 Å². The van der Waals surface area contributed by atoms with E-state index in [4.69, 9.17) is 9.47 Å². The third-order valence-electron chi connectivity index (χ3n) is 4.34. The van der Waals surface area contributed by atoms with E-state index in [9.17, 15) is 4.79 Å². The lowest BCUT2D eigenvalue weighted by atomic mass is 10.0. The first-order chi connectivity index (χ1) is 12.7. The van der Waals surface area contributed by atoms with Crippen molar-refractivity contribution in [2.45, 2.75) is 18.8 Å². The minimum Gasteiger partial charge on any atom is -0.488 e. The zero-order valence-corrected chi connectivity index (χ0v) is 15.6. The summed E-state index contributed by atoms with van der Waals surface area (Å²) in [5.41, 5.74) is 2.63. The number of hydrogen-bond donors (Lipinski definition) is 0. The summed E-state index contributed by atoms with van der Waals surface area (Å²) in [6, 6.07) is 25.1. The molecule has 4 heteroatoms. The molecule has 0 saturated carbocycles. The van der Waals surface area contributed by atoms with Crippen LogP contribution in [0.25, 0.3) is 0 Å². The van der Waals surface area contributed by atoms with E-state index in [1.165, 1.54) is 0 Å². The maximum Gasteiger partial charge on any atom is 0.198 e. The molecule has 0 bridgehead atoms. The Bertz CT molecular complexity index is 906. The molecule has 0 aliphatic carbocycles. The minimum atomic E-state index is -0.447. The van der Waals surface area contributed by atoms with Crippen LogP contribution in [0.5, 0.6) is 5.75 Å². The lowest BCUT2D eigenvalue weighted by Crippen LogP contribution is -2.10. The third-order valence-corrected chi connectivity index (χ3v) is 4.87. The first-order valence-electron chi connectivity index (χ1n) is 8.43. The molecule has 0 spiro atoms. The number of carbonyl (C=O) groups is 1. The van der Waals surface area contributed by atoms with Crippen LogP contribution < -0.4 is 4.74 Å². The molecule has 1 aliphatic heterocycles. The Morgan fingerprint density at radius 1 is 0.923 bits per heavy atom. The van der Waals surface area contributed by atoms with Gasteiger partial charge in [-0.25, -0.2) is 0 Å². The second-order valence-electron chi connectivity index (χ2n) is 6.16. The number of para-hydroxylation sites is 1. The number of Topliss-reactive ketones (excluding diaryl/α,β-unsaturated/α-hetero) is 1. The molecule has 3 aromatic rings. The molecule has 0 aromatic heterocycles. The molecule has 3 nitrogen and oxygen atoms in total. The highest BCUT2D eigenvalue weighted by molar-refractivity contribution is 9.10. The summed E-state index contributed by atoms with van der Waals surface area (Å²) < 4.78 is 12.6. The number of benzene rings is 3. The first kappa shape index (κ1) is 17.0. The molecule has 0 radical (unpaired) electrons. The number of ketones is 1. The van der Waals surface area contributed by atoms with Crippen molar-refractivity contribution in [1.29, 1.82) is 0 Å². The van der Waals surface area contributed by atoms with Gasteiger partial charge >= 0.3 is 0 Å². The fourth-order valence-corrected chi connectivity index (χ4v) is 3.17. The molecular weight excluding hydrogens is 392 g/mol. The monoisotopic (exact) mass is 408 g/mol. The number of epoxide rings is 1. The van der Waals surface area contributed by atoms with Crippen molar-refractivity contribution in [3.8, 4) is 5.75 Å². The first-order valence-corrected chi connectivity index (χ1v) is 9.22. The number of carbonyl (C=O) groups excluding carboxylic acids is 1. The Morgan fingerprint density at radius 2 is 1.62 bits per heavy atom. The van der Waals surface area contributed by atoms with Crippen LogP contribution >= 0.6 is 15.9 Å². The van der Waals surface area contributed by atoms with E-state index in [1.807, 2.05) is 72.8 Å². The lowest BCUT2D eigenvalue weighted by molar-refractivity contribution is 0.0949. The third kappa shape index (κ3) is 3.71. The standard InChI is InChI=1S/C22H17BrO3/c23-17-12-10-16(11-13-17)21-22(26-21)20(24)18-8-4-5-9-19(18)25-14-15-6-2-1-3-7-15/h1-13,21-22H,14H2/t21-,22+/m1/s1. The molecule has 26 heavy (non-hydrogen) atoms. The topological polar surface area (TPSA) is 38.8 Å². The van der Waals surface area contributed by atoms with Crippen molar-refractivity contribution in [2.24, 2.45) is 0 Å². The van der Waals surface area contributed by atoms with E-state index in [1.54, 1.807) is 6.07 Å². The van der Waals surface area contributed by atoms with Gasteiger partial charge in [-0.15, -0.1) is 0 Å². The van der Waals surface area contributed by atoms with Gasteiger partial charge in [0.15, 0.2) is 11.9 Å². The van der Waals surface area contributed by atoms with Gasteiger partial charge in [-0.05, 0) is 35.4 Å². The highest BCUT2D eigenvalue weighted by Gasteiger charge is 2.46. The van der Waals surface area contributed by atoms with Gasteiger partial charge in [0, 0.05) is 4.47 Å². The number of halogens is 1. The van der Waals surface area contributed by atoms with Gasteiger partial charge in [-0.3, -0.25) is 4.79 Å². The van der Waals surface area contributed by atoms with Gasteiger partial charge < -0.3 is 9.47 Å². The fraction of sp³-hybridized carbons (Fsp3) is 0.136. The smallest absolute Gasteiger partial charge is 0.198 e. The van der Waals surface area contributed by atoms with Crippen LogP contribution in [0.3, 0.4) is 0 Å². The molecule has 1 fully saturated rings. The molecule has 1 saturated heterocycles. The van der Waals surface area contributed by atoms with Crippen LogP contribution in [0.15, 0.2) is 83.3 Å². The molecular formula is C22H17BrO3. The fourth-order valence-electron chi connectivity index (χ4n) is 2.90. The minimum absolute atomic E-state index is 0.0402. The van der Waals surface area contributed by atoms with Crippen LogP contribution in [-0.4, -0.2) is 11.9 Å². The Hall–Kier alpha value is -2.43. The van der Waals surface area contributed by atoms with Crippen LogP contribution in [0, 0.1) is 0 Å². The van der Waals surface area contributed by atoms with Crippen molar-refractivity contribution in [1.82, 2.24) is 0 Å². The van der Waals surface area contributed by atoms with Gasteiger partial charge in [-0.1, -0.05) is 70.5 Å². The molecule has 1 heterocycles. The maximum absolute atomic E-state index is 12.9. The van der Waals surface area contributed by atoms with Gasteiger partial charge in [0.05, 0.1) is 5.56 Å². The Labute approximate surface area is 160 Å². The van der Waals surface area contributed by atoms with Crippen LogP contribution in [0.4, 0.5) is 0 Å². The number of rotatable bonds is 6. The summed E-state index contributed by atoms with van der Waals surface area (Å²) in [5, 5.41) is 0. The zero-order chi connectivity index (χ0) is 17.9. The lowest BCUT2D eigenvalue weighted by Gasteiger charge is -2.10. The molecule has 3 aromatic carbocycles. The average Bonchev–Trinajstić information content (AvgIpc) is 3.48. The van der Waals surface area contributed by atoms with Crippen molar-refractivity contribution in [2.75, 3.05) is 0 Å². The summed E-state index contributed by atoms with van der Waals surface area (Å²) in [5.74, 6) is 0.549. The van der Waals surface area contributed by atoms with E-state index >= 15 is 0 Å². The summed E-state index contributed by atoms with van der Waals surface area (Å²) in [7, 11) is 0. The molecule has 1 aliphatic rings. The Kier molecular flexibility index (Phi) is 4.87. The summed E-state index contributed by atoms with van der Waals surface area (Å²) >= 11 is 3.42. The second kappa shape index (κ2) is 7.44. The number of ether oxygens (including phenoxy) is 2. The van der Waals surface area contributed by atoms with Gasteiger partial charge in [-0.2, -0.15) is 0 Å². The molecule has 130 valence electrons. The number of hydrogen-bond acceptors (Lipinski definition) is 3. The van der Waals surface area contributed by atoms with E-state index in [0.717, 1.165) is 15.6 Å². The van der Waals surface area contributed by atoms with Gasteiger partial charge in [0.2, 0.25) is 0 Å². The zero-order valence-electron chi connectivity index (χ0n) is 14.0.